The SMILES string of the molecule is Oc1ccc(CNCCCCCCC2CC3C=CC2C3)c2cccnc12.[CH3-].[Zn]. The molecule has 0 aliphatic heterocycles. The number of rotatable bonds is 9. The Kier molecular flexibility index (Phi) is 9.11. The van der Waals surface area contributed by atoms with E-state index in [9.17, 15) is 5.11 Å². The van der Waals surface area contributed by atoms with Gasteiger partial charge in [0.1, 0.15) is 11.3 Å². The van der Waals surface area contributed by atoms with E-state index in [0.717, 1.165) is 36.2 Å². The summed E-state index contributed by atoms with van der Waals surface area (Å²) >= 11 is 0. The minimum absolute atomic E-state index is 0. The number of nitrogens with one attached hydrogen (secondary N) is 1. The second kappa shape index (κ2) is 11.1. The maximum atomic E-state index is 9.91. The van der Waals surface area contributed by atoms with Gasteiger partial charge in [0.05, 0.1) is 0 Å². The zero-order valence-electron chi connectivity index (χ0n) is 17.2. The molecule has 1 saturated carbocycles. The Labute approximate surface area is 182 Å². The molecule has 3 atom stereocenters. The molecule has 3 unspecified atom stereocenters. The predicted molar refractivity (Wildman–Crippen MR) is 113 cm³/mol. The Morgan fingerprint density at radius 3 is 2.68 bits per heavy atom. The molecule has 2 bridgehead atoms. The number of unbranched alkanes of at least 4 members (excludes halogenated alkanes) is 3. The number of aromatic nitrogens is 1. The van der Waals surface area contributed by atoms with Crippen molar-refractivity contribution >= 4 is 10.9 Å². The second-order valence-corrected chi connectivity index (χ2v) is 8.06. The Morgan fingerprint density at radius 1 is 1.04 bits per heavy atom. The van der Waals surface area contributed by atoms with Crippen molar-refractivity contribution in [2.75, 3.05) is 6.54 Å². The minimum Gasteiger partial charge on any atom is -0.506 e. The third-order valence-corrected chi connectivity index (χ3v) is 6.25. The summed E-state index contributed by atoms with van der Waals surface area (Å²) in [4.78, 5) is 4.28. The Hall–Kier alpha value is -1.25. The zero-order valence-corrected chi connectivity index (χ0v) is 20.2. The third kappa shape index (κ3) is 5.42. The molecule has 2 N–H and O–H groups in total. The molecule has 2 aromatic rings. The van der Waals surface area contributed by atoms with Crippen LogP contribution < -0.4 is 5.32 Å². The van der Waals surface area contributed by atoms with Crippen LogP contribution in [0.25, 0.3) is 10.9 Å². The minimum atomic E-state index is 0. The number of allylic oxidation sites excluding steroid dienone is 2. The van der Waals surface area contributed by atoms with E-state index < -0.39 is 0 Å². The molecule has 28 heavy (non-hydrogen) atoms. The first kappa shape index (κ1) is 23.0. The van der Waals surface area contributed by atoms with Crippen LogP contribution in [0.4, 0.5) is 0 Å². The van der Waals surface area contributed by atoms with Gasteiger partial charge in [-0.1, -0.05) is 43.5 Å². The molecule has 4 heteroatoms. The Bertz CT molecular complexity index is 776. The average Bonchev–Trinajstić information content (AvgIpc) is 3.29. The Morgan fingerprint density at radius 2 is 1.89 bits per heavy atom. The van der Waals surface area contributed by atoms with Gasteiger partial charge in [0.25, 0.3) is 0 Å². The monoisotopic (exact) mass is 429 g/mol. The maximum absolute atomic E-state index is 9.91. The first-order valence-corrected chi connectivity index (χ1v) is 10.3. The second-order valence-electron chi connectivity index (χ2n) is 8.06. The van der Waals surface area contributed by atoms with Crippen molar-refractivity contribution in [2.24, 2.45) is 17.8 Å². The average molecular weight is 431 g/mol. The molecule has 0 radical (unpaired) electrons. The van der Waals surface area contributed by atoms with E-state index in [1.54, 1.807) is 12.3 Å². The molecule has 1 fully saturated rings. The molecule has 1 heterocycles. The molecular formula is C24H33N2OZn-. The van der Waals surface area contributed by atoms with Gasteiger partial charge in [-0.2, -0.15) is 0 Å². The largest absolute Gasteiger partial charge is 0.506 e. The number of benzene rings is 1. The van der Waals surface area contributed by atoms with Gasteiger partial charge in [-0.3, -0.25) is 4.98 Å². The van der Waals surface area contributed by atoms with E-state index in [1.807, 2.05) is 18.2 Å². The van der Waals surface area contributed by atoms with E-state index in [2.05, 4.69) is 22.5 Å². The standard InChI is InChI=1S/C23H30N2O.CH3.Zn/c26-22-11-10-20(21-7-5-13-25-23(21)22)16-24-12-4-2-1-3-6-18-14-17-8-9-19(18)15-17;;/h5,7-11,13,17-19,24,26H,1-4,6,12,14-16H2;1H3;/q;-1;. The number of phenolic OH excluding ortho intramolecular Hbond substituents is 1. The first-order chi connectivity index (χ1) is 12.8. The fraction of sp³-hybridized carbons (Fsp3) is 0.500. The van der Waals surface area contributed by atoms with E-state index in [-0.39, 0.29) is 32.7 Å². The van der Waals surface area contributed by atoms with Crippen LogP contribution in [-0.2, 0) is 26.0 Å². The fourth-order valence-corrected chi connectivity index (χ4v) is 4.83. The molecule has 0 amide bonds. The topological polar surface area (TPSA) is 45.1 Å². The van der Waals surface area contributed by atoms with Crippen LogP contribution in [0, 0.1) is 25.2 Å². The van der Waals surface area contributed by atoms with Crippen molar-refractivity contribution in [3.8, 4) is 5.75 Å². The summed E-state index contributed by atoms with van der Waals surface area (Å²) in [6.45, 7) is 1.89. The molecule has 2 aliphatic carbocycles. The molecule has 0 spiro atoms. The van der Waals surface area contributed by atoms with Gasteiger partial charge < -0.3 is 17.8 Å². The van der Waals surface area contributed by atoms with Crippen molar-refractivity contribution in [3.05, 3.63) is 55.6 Å². The van der Waals surface area contributed by atoms with E-state index in [0.29, 0.717) is 5.52 Å². The third-order valence-electron chi connectivity index (χ3n) is 6.25. The number of hydrogen-bond donors (Lipinski definition) is 2. The van der Waals surface area contributed by atoms with Crippen molar-refractivity contribution in [1.82, 2.24) is 10.3 Å². The van der Waals surface area contributed by atoms with Crippen LogP contribution in [0.2, 0.25) is 0 Å². The predicted octanol–water partition coefficient (Wildman–Crippen LogP) is 5.64. The van der Waals surface area contributed by atoms with Crippen LogP contribution in [0.5, 0.6) is 5.75 Å². The first-order valence-electron chi connectivity index (χ1n) is 10.3. The number of nitrogens with zero attached hydrogens (tertiary/aromatic N) is 1. The van der Waals surface area contributed by atoms with Gasteiger partial charge in [-0.05, 0) is 67.7 Å². The van der Waals surface area contributed by atoms with Gasteiger partial charge in [0.2, 0.25) is 0 Å². The molecule has 148 valence electrons. The van der Waals surface area contributed by atoms with Gasteiger partial charge in [0.15, 0.2) is 0 Å². The van der Waals surface area contributed by atoms with E-state index >= 15 is 0 Å². The summed E-state index contributed by atoms with van der Waals surface area (Å²) in [6.07, 6.45) is 16.3. The van der Waals surface area contributed by atoms with Crippen molar-refractivity contribution in [2.45, 2.75) is 51.5 Å². The van der Waals surface area contributed by atoms with Crippen molar-refractivity contribution in [1.29, 1.82) is 0 Å². The van der Waals surface area contributed by atoms with Crippen LogP contribution in [0.15, 0.2) is 42.6 Å². The molecule has 1 aromatic heterocycles. The smallest absolute Gasteiger partial charge is 0.141 e. The number of fused-ring (bicyclic) bond motifs is 3. The summed E-state index contributed by atoms with van der Waals surface area (Å²) in [7, 11) is 0. The number of phenols is 1. The van der Waals surface area contributed by atoms with Crippen LogP contribution in [-0.4, -0.2) is 16.6 Å². The van der Waals surface area contributed by atoms with Gasteiger partial charge in [-0.25, -0.2) is 0 Å². The molecule has 1 aromatic carbocycles. The Balaban J connectivity index is 0.00000140. The number of pyridine rings is 1. The van der Waals surface area contributed by atoms with E-state index in [1.165, 1.54) is 50.5 Å². The fourth-order valence-electron chi connectivity index (χ4n) is 4.83. The van der Waals surface area contributed by atoms with Crippen LogP contribution >= 0.6 is 0 Å². The van der Waals surface area contributed by atoms with Gasteiger partial charge in [0, 0.05) is 37.6 Å². The van der Waals surface area contributed by atoms with Crippen molar-refractivity contribution in [3.63, 3.8) is 0 Å². The number of hydrogen-bond acceptors (Lipinski definition) is 3. The van der Waals surface area contributed by atoms with E-state index in [4.69, 9.17) is 0 Å². The summed E-state index contributed by atoms with van der Waals surface area (Å²) in [5, 5.41) is 14.5. The zero-order chi connectivity index (χ0) is 17.8. The molecular weight excluding hydrogens is 398 g/mol. The molecule has 4 rings (SSSR count). The molecule has 3 nitrogen and oxygen atoms in total. The number of aromatic hydroxyl groups is 1. The van der Waals surface area contributed by atoms with Crippen LogP contribution in [0.3, 0.4) is 0 Å². The molecule has 2 aliphatic rings. The summed E-state index contributed by atoms with van der Waals surface area (Å²) < 4.78 is 0. The van der Waals surface area contributed by atoms with Crippen LogP contribution in [0.1, 0.15) is 50.5 Å². The summed E-state index contributed by atoms with van der Waals surface area (Å²) in [5.74, 6) is 3.08. The van der Waals surface area contributed by atoms with Gasteiger partial charge in [-0.15, -0.1) is 0 Å². The maximum Gasteiger partial charge on any atom is 0.141 e. The van der Waals surface area contributed by atoms with Crippen molar-refractivity contribution < 1.29 is 24.6 Å². The molecule has 0 saturated heterocycles. The normalized spacial score (nSPS) is 22.2. The van der Waals surface area contributed by atoms with Gasteiger partial charge >= 0.3 is 0 Å². The summed E-state index contributed by atoms with van der Waals surface area (Å²) in [6, 6.07) is 7.70. The quantitative estimate of drug-likeness (QED) is 0.234. The summed E-state index contributed by atoms with van der Waals surface area (Å²) in [5.41, 5.74) is 1.90.